The van der Waals surface area contributed by atoms with Crippen LogP contribution in [0.4, 0.5) is 17.1 Å². The van der Waals surface area contributed by atoms with Crippen LogP contribution in [0.2, 0.25) is 0 Å². The molecule has 0 atom stereocenters. The number of benzene rings is 5. The summed E-state index contributed by atoms with van der Waals surface area (Å²) < 4.78 is 0. The van der Waals surface area contributed by atoms with E-state index in [2.05, 4.69) is 188 Å². The first-order valence-electron chi connectivity index (χ1n) is 17.9. The largest absolute Gasteiger partial charge is 0.310 e. The number of nitrogens with zero attached hydrogens (tertiary/aromatic N) is 1. The van der Waals surface area contributed by atoms with E-state index in [1.165, 1.54) is 94.2 Å². The third kappa shape index (κ3) is 7.30. The van der Waals surface area contributed by atoms with Crippen LogP contribution in [0.5, 0.6) is 0 Å². The highest BCUT2D eigenvalue weighted by molar-refractivity contribution is 7.80. The molecule has 0 aliphatic heterocycles. The first-order chi connectivity index (χ1) is 22.8. The lowest BCUT2D eigenvalue weighted by Gasteiger charge is -2.34. The average Bonchev–Trinajstić information content (AvgIpc) is 2.97. The summed E-state index contributed by atoms with van der Waals surface area (Å²) in [6, 6.07) is 30.5. The van der Waals surface area contributed by atoms with E-state index in [4.69, 9.17) is 0 Å². The second-order valence-electron chi connectivity index (χ2n) is 16.6. The monoisotopic (exact) mass is 667 g/mol. The minimum absolute atomic E-state index is 0.0872. The normalized spacial score (nSPS) is 12.2. The lowest BCUT2D eigenvalue weighted by molar-refractivity contribution is 0.590. The van der Waals surface area contributed by atoms with E-state index >= 15 is 0 Å². The molecule has 5 aromatic carbocycles. The van der Waals surface area contributed by atoms with Crippen molar-refractivity contribution in [3.05, 3.63) is 140 Å². The van der Waals surface area contributed by atoms with E-state index in [9.17, 15) is 0 Å². The number of hydrogen-bond donors (Lipinski definition) is 0. The molecule has 0 unspecified atom stereocenters. The predicted octanol–water partition coefficient (Wildman–Crippen LogP) is 12.3. The van der Waals surface area contributed by atoms with Gasteiger partial charge in [0, 0.05) is 11.4 Å². The first-order valence-corrected chi connectivity index (χ1v) is 19.2. The molecule has 2 heteroatoms. The Morgan fingerprint density at radius 2 is 0.735 bits per heavy atom. The zero-order chi connectivity index (χ0) is 36.2. The second-order valence-corrected chi connectivity index (χ2v) is 18.6. The van der Waals surface area contributed by atoms with Gasteiger partial charge in [0.2, 0.25) is 0 Å². The van der Waals surface area contributed by atoms with Gasteiger partial charge in [-0.3, -0.25) is 0 Å². The van der Waals surface area contributed by atoms with Crippen LogP contribution in [0.1, 0.15) is 103 Å². The molecule has 0 aliphatic carbocycles. The molecular formula is C47H58NP. The van der Waals surface area contributed by atoms with Crippen molar-refractivity contribution in [3.8, 4) is 0 Å². The minimum Gasteiger partial charge on any atom is -0.310 e. The summed E-state index contributed by atoms with van der Waals surface area (Å²) in [6.45, 7) is 34.5. The van der Waals surface area contributed by atoms with Crippen molar-refractivity contribution >= 4 is 40.9 Å². The van der Waals surface area contributed by atoms with E-state index in [0.29, 0.717) is 0 Å². The first kappa shape index (κ1) is 36.6. The maximum Gasteiger partial charge on any atom is 0.0526 e. The SMILES string of the molecule is Cc1cc(C)c(P(c2c(C)cc(C)cc2C)c2c(C)cc(C)c(N(c3ccc(C(C)(C)C)cc3)c3ccc(C(C)(C)C)cc3)c2C)c(C)c1. The molecule has 0 heterocycles. The maximum absolute atomic E-state index is 2.52. The lowest BCUT2D eigenvalue weighted by atomic mass is 9.86. The molecule has 0 saturated carbocycles. The summed E-state index contributed by atoms with van der Waals surface area (Å²) in [5, 5.41) is 4.46. The summed E-state index contributed by atoms with van der Waals surface area (Å²) >= 11 is 0. The Morgan fingerprint density at radius 3 is 1.06 bits per heavy atom. The van der Waals surface area contributed by atoms with Crippen LogP contribution in [0.15, 0.2) is 78.9 Å². The van der Waals surface area contributed by atoms with E-state index in [1.54, 1.807) is 0 Å². The topological polar surface area (TPSA) is 3.24 Å². The fourth-order valence-corrected chi connectivity index (χ4v) is 11.1. The molecule has 0 N–H and O–H groups in total. The van der Waals surface area contributed by atoms with Crippen molar-refractivity contribution < 1.29 is 0 Å². The summed E-state index contributed by atoms with van der Waals surface area (Å²) in [4.78, 5) is 2.52. The van der Waals surface area contributed by atoms with Crippen LogP contribution in [-0.2, 0) is 10.8 Å². The molecule has 5 aromatic rings. The van der Waals surface area contributed by atoms with Crippen LogP contribution >= 0.6 is 7.92 Å². The van der Waals surface area contributed by atoms with Crippen molar-refractivity contribution in [1.82, 2.24) is 0 Å². The molecular weight excluding hydrogens is 609 g/mol. The van der Waals surface area contributed by atoms with Gasteiger partial charge in [0.15, 0.2) is 0 Å². The quantitative estimate of drug-likeness (QED) is 0.163. The summed E-state index contributed by atoms with van der Waals surface area (Å²) in [6.07, 6.45) is 0. The molecule has 256 valence electrons. The fraction of sp³-hybridized carbons (Fsp3) is 0.362. The van der Waals surface area contributed by atoms with Crippen LogP contribution in [0, 0.1) is 62.3 Å². The van der Waals surface area contributed by atoms with Gasteiger partial charge < -0.3 is 4.90 Å². The lowest BCUT2D eigenvalue weighted by Crippen LogP contribution is -2.31. The molecule has 0 bridgehead atoms. The molecule has 0 saturated heterocycles. The number of anilines is 3. The Bertz CT molecular complexity index is 1840. The van der Waals surface area contributed by atoms with Crippen molar-refractivity contribution in [2.75, 3.05) is 4.90 Å². The Labute approximate surface area is 299 Å². The van der Waals surface area contributed by atoms with E-state index < -0.39 is 7.92 Å². The average molecular weight is 668 g/mol. The molecule has 0 aromatic heterocycles. The van der Waals surface area contributed by atoms with Crippen molar-refractivity contribution in [3.63, 3.8) is 0 Å². The van der Waals surface area contributed by atoms with Gasteiger partial charge in [-0.15, -0.1) is 0 Å². The van der Waals surface area contributed by atoms with Crippen molar-refractivity contribution in [1.29, 1.82) is 0 Å². The molecule has 0 fully saturated rings. The number of rotatable bonds is 6. The van der Waals surface area contributed by atoms with Gasteiger partial charge in [0.25, 0.3) is 0 Å². The zero-order valence-corrected chi connectivity index (χ0v) is 33.8. The molecule has 1 nitrogen and oxygen atoms in total. The maximum atomic E-state index is 2.52. The van der Waals surface area contributed by atoms with Gasteiger partial charge >= 0.3 is 0 Å². The Hall–Kier alpha value is -3.67. The molecule has 5 rings (SSSR count). The molecule has 0 spiro atoms. The van der Waals surface area contributed by atoms with Crippen molar-refractivity contribution in [2.24, 2.45) is 0 Å². The van der Waals surface area contributed by atoms with Gasteiger partial charge in [-0.25, -0.2) is 0 Å². The fourth-order valence-electron chi connectivity index (χ4n) is 7.87. The van der Waals surface area contributed by atoms with Crippen LogP contribution < -0.4 is 20.8 Å². The second kappa shape index (κ2) is 13.6. The molecule has 0 radical (unpaired) electrons. The van der Waals surface area contributed by atoms with E-state index in [0.717, 1.165) is 0 Å². The molecule has 0 amide bonds. The van der Waals surface area contributed by atoms with Crippen LogP contribution in [0.3, 0.4) is 0 Å². The number of aryl methyl sites for hydroxylation is 8. The molecule has 0 aliphatic rings. The number of hydrogen-bond acceptors (Lipinski definition) is 1. The third-order valence-corrected chi connectivity index (χ3v) is 13.5. The highest BCUT2D eigenvalue weighted by Gasteiger charge is 2.30. The van der Waals surface area contributed by atoms with Gasteiger partial charge in [0.05, 0.1) is 5.69 Å². The predicted molar refractivity (Wildman–Crippen MR) is 220 cm³/mol. The molecule has 49 heavy (non-hydrogen) atoms. The zero-order valence-electron chi connectivity index (χ0n) is 32.9. The Balaban J connectivity index is 1.87. The highest BCUT2D eigenvalue weighted by Crippen LogP contribution is 2.46. The van der Waals surface area contributed by atoms with Gasteiger partial charge in [-0.2, -0.15) is 0 Å². The van der Waals surface area contributed by atoms with Gasteiger partial charge in [-0.05, 0) is 171 Å². The Morgan fingerprint density at radius 1 is 0.408 bits per heavy atom. The Kier molecular flexibility index (Phi) is 10.1. The third-order valence-electron chi connectivity index (χ3n) is 10.0. The smallest absolute Gasteiger partial charge is 0.0526 e. The summed E-state index contributed by atoms with van der Waals surface area (Å²) in [7, 11) is -0.855. The van der Waals surface area contributed by atoms with Crippen molar-refractivity contribution in [2.45, 2.75) is 115 Å². The highest BCUT2D eigenvalue weighted by atomic mass is 31.1. The minimum atomic E-state index is -0.855. The van der Waals surface area contributed by atoms with E-state index in [-0.39, 0.29) is 10.8 Å². The summed E-state index contributed by atoms with van der Waals surface area (Å²) in [5.41, 5.74) is 18.7. The standard InChI is InChI=1S/C47H58NP/c1-29-24-32(4)43(33(5)25-29)49(44-34(6)26-30(2)27-35(44)7)45-36(8)28-31(3)42(37(45)9)48(40-20-16-38(17-21-40)46(10,11)12)41-22-18-39(19-23-41)47(13,14)15/h16-28H,1-15H3. The van der Waals surface area contributed by atoms with Gasteiger partial charge in [-0.1, -0.05) is 107 Å². The summed E-state index contributed by atoms with van der Waals surface area (Å²) in [5.74, 6) is 0. The van der Waals surface area contributed by atoms with Crippen LogP contribution in [-0.4, -0.2) is 0 Å². The van der Waals surface area contributed by atoms with Crippen LogP contribution in [0.25, 0.3) is 0 Å². The van der Waals surface area contributed by atoms with E-state index in [1.807, 2.05) is 0 Å². The van der Waals surface area contributed by atoms with Gasteiger partial charge in [0.1, 0.15) is 0 Å².